The van der Waals surface area contributed by atoms with Crippen LogP contribution in [0.25, 0.3) is 5.69 Å². The normalized spacial score (nSPS) is 12.6. The first-order chi connectivity index (χ1) is 12.8. The van der Waals surface area contributed by atoms with E-state index >= 15 is 0 Å². The van der Waals surface area contributed by atoms with E-state index in [1.165, 1.54) is 6.33 Å². The Morgan fingerprint density at radius 1 is 1.19 bits per heavy atom. The van der Waals surface area contributed by atoms with Crippen molar-refractivity contribution in [3.05, 3.63) is 76.4 Å². The molecular weight excluding hydrogens is 363 g/mol. The molecule has 0 fully saturated rings. The monoisotopic (exact) mass is 377 g/mol. The number of nitro groups is 1. The van der Waals surface area contributed by atoms with Crippen LogP contribution < -0.4 is 5.32 Å². The van der Waals surface area contributed by atoms with E-state index < -0.39 is 22.4 Å². The van der Waals surface area contributed by atoms with E-state index in [2.05, 4.69) is 15.4 Å². The van der Waals surface area contributed by atoms with Crippen molar-refractivity contribution in [3.63, 3.8) is 0 Å². The SMILES string of the molecule is C[C@@H](Nc1ccc(C(F)(F)F)cc1[N+](=O)[O-])c1ccc(-n2cncn2)cc1. The molecular formula is C17H14F3N5O2. The van der Waals surface area contributed by atoms with Crippen molar-refractivity contribution in [2.24, 2.45) is 0 Å². The molecule has 0 unspecified atom stereocenters. The van der Waals surface area contributed by atoms with Crippen LogP contribution in [0.15, 0.2) is 55.1 Å². The fourth-order valence-corrected chi connectivity index (χ4v) is 2.55. The molecule has 27 heavy (non-hydrogen) atoms. The van der Waals surface area contributed by atoms with Crippen molar-refractivity contribution in [2.45, 2.75) is 19.1 Å². The average molecular weight is 377 g/mol. The number of nitro benzene ring substituents is 1. The predicted molar refractivity (Wildman–Crippen MR) is 91.5 cm³/mol. The number of halogens is 3. The second-order valence-corrected chi connectivity index (χ2v) is 5.78. The molecule has 0 radical (unpaired) electrons. The molecule has 3 rings (SSSR count). The molecule has 0 saturated heterocycles. The summed E-state index contributed by atoms with van der Waals surface area (Å²) in [5.74, 6) is 0. The summed E-state index contributed by atoms with van der Waals surface area (Å²) in [5, 5.41) is 18.1. The molecule has 3 aromatic rings. The minimum absolute atomic E-state index is 0.0147. The van der Waals surface area contributed by atoms with Crippen LogP contribution in [0.3, 0.4) is 0 Å². The van der Waals surface area contributed by atoms with Gasteiger partial charge in [-0.25, -0.2) is 9.67 Å². The number of nitrogens with one attached hydrogen (secondary N) is 1. The molecule has 0 saturated carbocycles. The molecule has 0 aliphatic rings. The molecule has 0 bridgehead atoms. The van der Waals surface area contributed by atoms with Crippen LogP contribution >= 0.6 is 0 Å². The molecule has 2 aromatic carbocycles. The van der Waals surface area contributed by atoms with E-state index in [4.69, 9.17) is 0 Å². The Morgan fingerprint density at radius 3 is 2.44 bits per heavy atom. The van der Waals surface area contributed by atoms with Crippen LogP contribution in [-0.4, -0.2) is 19.7 Å². The number of aromatic nitrogens is 3. The number of nitrogens with zero attached hydrogens (tertiary/aromatic N) is 4. The summed E-state index contributed by atoms with van der Waals surface area (Å²) >= 11 is 0. The van der Waals surface area contributed by atoms with Gasteiger partial charge in [0.1, 0.15) is 18.3 Å². The first kappa shape index (κ1) is 18.4. The number of benzene rings is 2. The standard InChI is InChI=1S/C17H14F3N5O2/c1-11(12-2-5-14(6-3-12)24-10-21-9-22-24)23-15-7-4-13(17(18,19)20)8-16(15)25(26)27/h2-11,23H,1H3/t11-/m1/s1. The number of rotatable bonds is 5. The summed E-state index contributed by atoms with van der Waals surface area (Å²) in [6.45, 7) is 1.76. The maximum absolute atomic E-state index is 12.8. The number of alkyl halides is 3. The van der Waals surface area contributed by atoms with Gasteiger partial charge in [0.15, 0.2) is 0 Å². The van der Waals surface area contributed by atoms with Crippen LogP contribution in [0.5, 0.6) is 0 Å². The third-order valence-corrected chi connectivity index (χ3v) is 3.97. The van der Waals surface area contributed by atoms with Crippen molar-refractivity contribution >= 4 is 11.4 Å². The van der Waals surface area contributed by atoms with Crippen molar-refractivity contribution in [3.8, 4) is 5.69 Å². The molecule has 0 amide bonds. The van der Waals surface area contributed by atoms with Crippen LogP contribution in [0.2, 0.25) is 0 Å². The molecule has 10 heteroatoms. The van der Waals surface area contributed by atoms with Gasteiger partial charge < -0.3 is 5.32 Å². The fourth-order valence-electron chi connectivity index (χ4n) is 2.55. The zero-order valence-electron chi connectivity index (χ0n) is 14.0. The lowest BCUT2D eigenvalue weighted by Crippen LogP contribution is -2.11. The van der Waals surface area contributed by atoms with Crippen molar-refractivity contribution < 1.29 is 18.1 Å². The summed E-state index contributed by atoms with van der Waals surface area (Å²) in [5.41, 5.74) is -0.0987. The topological polar surface area (TPSA) is 85.9 Å². The highest BCUT2D eigenvalue weighted by Crippen LogP contribution is 2.36. The first-order valence-corrected chi connectivity index (χ1v) is 7.83. The Balaban J connectivity index is 1.83. The molecule has 140 valence electrons. The van der Waals surface area contributed by atoms with Gasteiger partial charge in [0.05, 0.1) is 16.2 Å². The zero-order valence-corrected chi connectivity index (χ0v) is 14.0. The summed E-state index contributed by atoms with van der Waals surface area (Å²) in [4.78, 5) is 14.2. The van der Waals surface area contributed by atoms with Crippen LogP contribution in [-0.2, 0) is 6.18 Å². The number of anilines is 1. The maximum Gasteiger partial charge on any atom is 0.416 e. The average Bonchev–Trinajstić information content (AvgIpc) is 3.15. The van der Waals surface area contributed by atoms with Crippen molar-refractivity contribution in [1.82, 2.24) is 14.8 Å². The highest BCUT2D eigenvalue weighted by atomic mass is 19.4. The van der Waals surface area contributed by atoms with Gasteiger partial charge >= 0.3 is 6.18 Å². The largest absolute Gasteiger partial charge is 0.416 e. The van der Waals surface area contributed by atoms with Gasteiger partial charge in [-0.3, -0.25) is 10.1 Å². The zero-order chi connectivity index (χ0) is 19.6. The number of hydrogen-bond acceptors (Lipinski definition) is 5. The Kier molecular flexibility index (Phi) is 4.80. The van der Waals surface area contributed by atoms with Crippen molar-refractivity contribution in [2.75, 3.05) is 5.32 Å². The molecule has 1 atom stereocenters. The molecule has 0 aliphatic carbocycles. The lowest BCUT2D eigenvalue weighted by Gasteiger charge is -2.17. The van der Waals surface area contributed by atoms with E-state index in [0.29, 0.717) is 6.07 Å². The summed E-state index contributed by atoms with van der Waals surface area (Å²) in [6, 6.07) is 9.23. The molecule has 0 aliphatic heterocycles. The van der Waals surface area contributed by atoms with Gasteiger partial charge in [-0.2, -0.15) is 18.3 Å². The maximum atomic E-state index is 12.8. The van der Waals surface area contributed by atoms with E-state index in [9.17, 15) is 23.3 Å². The number of hydrogen-bond donors (Lipinski definition) is 1. The minimum atomic E-state index is -4.65. The van der Waals surface area contributed by atoms with Crippen molar-refractivity contribution in [1.29, 1.82) is 0 Å². The third-order valence-electron chi connectivity index (χ3n) is 3.97. The van der Waals surface area contributed by atoms with Gasteiger partial charge in [-0.05, 0) is 36.8 Å². The van der Waals surface area contributed by atoms with Gasteiger partial charge in [0.25, 0.3) is 5.69 Å². The highest BCUT2D eigenvalue weighted by molar-refractivity contribution is 5.63. The second-order valence-electron chi connectivity index (χ2n) is 5.78. The molecule has 7 nitrogen and oxygen atoms in total. The minimum Gasteiger partial charge on any atom is -0.373 e. The Bertz CT molecular complexity index is 940. The third kappa shape index (κ3) is 4.05. The molecule has 1 N–H and O–H groups in total. The lowest BCUT2D eigenvalue weighted by molar-refractivity contribution is -0.384. The Labute approximate surface area is 151 Å². The Morgan fingerprint density at radius 2 is 1.89 bits per heavy atom. The fraction of sp³-hybridized carbons (Fsp3) is 0.176. The van der Waals surface area contributed by atoms with Gasteiger partial charge in [-0.1, -0.05) is 12.1 Å². The van der Waals surface area contributed by atoms with E-state index in [0.717, 1.165) is 23.4 Å². The summed E-state index contributed by atoms with van der Waals surface area (Å²) in [6.07, 6.45) is -1.70. The summed E-state index contributed by atoms with van der Waals surface area (Å²) < 4.78 is 39.9. The summed E-state index contributed by atoms with van der Waals surface area (Å²) in [7, 11) is 0. The molecule has 0 spiro atoms. The quantitative estimate of drug-likeness (QED) is 0.527. The van der Waals surface area contributed by atoms with Crippen LogP contribution in [0.4, 0.5) is 24.5 Å². The van der Waals surface area contributed by atoms with Gasteiger partial charge in [0, 0.05) is 12.1 Å². The predicted octanol–water partition coefficient (Wildman–Crippen LogP) is 4.37. The smallest absolute Gasteiger partial charge is 0.373 e. The van der Waals surface area contributed by atoms with E-state index in [1.54, 1.807) is 42.2 Å². The van der Waals surface area contributed by atoms with Gasteiger partial charge in [-0.15, -0.1) is 0 Å². The Hall–Kier alpha value is -3.43. The van der Waals surface area contributed by atoms with Crippen LogP contribution in [0, 0.1) is 10.1 Å². The lowest BCUT2D eigenvalue weighted by atomic mass is 10.1. The van der Waals surface area contributed by atoms with E-state index in [1.807, 2.05) is 0 Å². The second kappa shape index (κ2) is 7.06. The van der Waals surface area contributed by atoms with E-state index in [-0.39, 0.29) is 11.7 Å². The highest BCUT2D eigenvalue weighted by Gasteiger charge is 2.33. The van der Waals surface area contributed by atoms with Gasteiger partial charge in [0.2, 0.25) is 0 Å². The first-order valence-electron chi connectivity index (χ1n) is 7.83. The van der Waals surface area contributed by atoms with Crippen LogP contribution in [0.1, 0.15) is 24.1 Å². The molecule has 1 aromatic heterocycles. The molecule has 1 heterocycles.